The molecule has 2 rings (SSSR count). The van der Waals surface area contributed by atoms with Crippen LogP contribution in [0.5, 0.6) is 5.75 Å². The number of hydrogen-bond donors (Lipinski definition) is 1. The zero-order valence-corrected chi connectivity index (χ0v) is 13.0. The van der Waals surface area contributed by atoms with Gasteiger partial charge in [0.25, 0.3) is 0 Å². The van der Waals surface area contributed by atoms with Gasteiger partial charge in [0.05, 0.1) is 0 Å². The Bertz CT molecular complexity index is 677. The first kappa shape index (κ1) is 14.8. The van der Waals surface area contributed by atoms with Crippen molar-refractivity contribution in [3.8, 4) is 5.75 Å². The van der Waals surface area contributed by atoms with Crippen molar-refractivity contribution >= 4 is 23.8 Å². The van der Waals surface area contributed by atoms with Crippen molar-refractivity contribution in [2.45, 2.75) is 26.5 Å². The molecule has 1 N–H and O–H groups in total. The van der Waals surface area contributed by atoms with E-state index in [1.165, 1.54) is 0 Å². The molecule has 0 bridgehead atoms. The molecule has 1 aromatic carbocycles. The molecule has 1 heterocycles. The molecule has 20 heavy (non-hydrogen) atoms. The maximum absolute atomic E-state index is 5.94. The number of H-pyrrole nitrogens is 1. The second kappa shape index (κ2) is 6.24. The summed E-state index contributed by atoms with van der Waals surface area (Å²) in [6, 6.07) is 5.52. The van der Waals surface area contributed by atoms with Crippen molar-refractivity contribution in [2.75, 3.05) is 0 Å². The minimum atomic E-state index is -0.234. The van der Waals surface area contributed by atoms with E-state index in [9.17, 15) is 0 Å². The third kappa shape index (κ3) is 3.11. The minimum absolute atomic E-state index is 0.234. The summed E-state index contributed by atoms with van der Waals surface area (Å²) in [6.45, 7) is 8.20. The van der Waals surface area contributed by atoms with E-state index in [1.54, 1.807) is 12.1 Å². The maximum atomic E-state index is 5.94. The summed E-state index contributed by atoms with van der Waals surface area (Å²) in [5.41, 5.74) is 0.980. The topological polar surface area (TPSA) is 42.8 Å². The number of halogens is 1. The minimum Gasteiger partial charge on any atom is -0.482 e. The molecule has 4 nitrogen and oxygen atoms in total. The molecule has 1 aromatic heterocycles. The van der Waals surface area contributed by atoms with E-state index in [1.807, 2.05) is 30.5 Å². The number of aryl methyl sites for hydroxylation is 1. The van der Waals surface area contributed by atoms with E-state index >= 15 is 0 Å². The van der Waals surface area contributed by atoms with Gasteiger partial charge in [-0.25, -0.2) is 0 Å². The third-order valence-electron chi connectivity index (χ3n) is 2.90. The molecule has 0 unspecified atom stereocenters. The van der Waals surface area contributed by atoms with E-state index in [0.29, 0.717) is 16.3 Å². The Kier molecular flexibility index (Phi) is 4.62. The number of nitrogens with one attached hydrogen (secondary N) is 1. The van der Waals surface area contributed by atoms with Crippen molar-refractivity contribution in [1.82, 2.24) is 14.8 Å². The number of rotatable bonds is 5. The molecule has 1 atom stereocenters. The van der Waals surface area contributed by atoms with E-state index in [4.69, 9.17) is 28.6 Å². The Morgan fingerprint density at radius 2 is 2.35 bits per heavy atom. The van der Waals surface area contributed by atoms with Crippen molar-refractivity contribution < 1.29 is 4.74 Å². The van der Waals surface area contributed by atoms with Crippen LogP contribution in [-0.4, -0.2) is 14.8 Å². The Morgan fingerprint density at radius 1 is 1.60 bits per heavy atom. The number of aromatic nitrogens is 3. The molecular formula is C14H16ClN3OS. The normalized spacial score (nSPS) is 12.2. The molecule has 6 heteroatoms. The zero-order chi connectivity index (χ0) is 14.7. The zero-order valence-electron chi connectivity index (χ0n) is 11.4. The van der Waals surface area contributed by atoms with Crippen LogP contribution in [0.3, 0.4) is 0 Å². The summed E-state index contributed by atoms with van der Waals surface area (Å²) < 4.78 is 8.36. The predicted octanol–water partition coefficient (Wildman–Crippen LogP) is 4.23. The molecule has 0 radical (unpaired) electrons. The van der Waals surface area contributed by atoms with Crippen LogP contribution in [0.1, 0.15) is 24.4 Å². The van der Waals surface area contributed by atoms with Gasteiger partial charge < -0.3 is 4.74 Å². The lowest BCUT2D eigenvalue weighted by atomic mass is 10.2. The van der Waals surface area contributed by atoms with Gasteiger partial charge in [-0.1, -0.05) is 17.7 Å². The highest BCUT2D eigenvalue weighted by Gasteiger charge is 2.16. The highest BCUT2D eigenvalue weighted by molar-refractivity contribution is 7.71. The number of benzene rings is 1. The van der Waals surface area contributed by atoms with Crippen molar-refractivity contribution in [3.63, 3.8) is 0 Å². The standard InChI is InChI=1S/C14H16ClN3OS/c1-4-7-18-13(16-17-14(18)20)10(3)19-12-6-5-11(15)8-9(12)2/h4-6,8,10H,1,7H2,2-3H3,(H,17,20)/t10-/m0/s1. The Hall–Kier alpha value is -1.59. The number of ether oxygens (including phenoxy) is 1. The SMILES string of the molecule is C=CCn1c([C@H](C)Oc2ccc(Cl)cc2C)n[nH]c1=S. The van der Waals surface area contributed by atoms with Crippen molar-refractivity contribution in [1.29, 1.82) is 0 Å². The fourth-order valence-electron chi connectivity index (χ4n) is 1.93. The third-order valence-corrected chi connectivity index (χ3v) is 3.45. The highest BCUT2D eigenvalue weighted by Crippen LogP contribution is 2.26. The second-order valence-corrected chi connectivity index (χ2v) is 5.28. The molecule has 0 amide bonds. The molecule has 0 spiro atoms. The van der Waals surface area contributed by atoms with Crippen LogP contribution >= 0.6 is 23.8 Å². The Morgan fingerprint density at radius 3 is 3.00 bits per heavy atom. The molecule has 0 saturated heterocycles. The largest absolute Gasteiger partial charge is 0.482 e. The van der Waals surface area contributed by atoms with Gasteiger partial charge >= 0.3 is 0 Å². The van der Waals surface area contributed by atoms with Crippen LogP contribution in [0, 0.1) is 11.7 Å². The van der Waals surface area contributed by atoms with Crippen LogP contribution in [0.4, 0.5) is 0 Å². The average Bonchev–Trinajstić information content (AvgIpc) is 2.75. The summed E-state index contributed by atoms with van der Waals surface area (Å²) in [5, 5.41) is 7.70. The first-order valence-corrected chi connectivity index (χ1v) is 7.00. The van der Waals surface area contributed by atoms with Crippen LogP contribution < -0.4 is 4.74 Å². The smallest absolute Gasteiger partial charge is 0.195 e. The fraction of sp³-hybridized carbons (Fsp3) is 0.286. The van der Waals surface area contributed by atoms with Crippen LogP contribution in [0.2, 0.25) is 5.02 Å². The molecular weight excluding hydrogens is 294 g/mol. The number of allylic oxidation sites excluding steroid dienone is 1. The van der Waals surface area contributed by atoms with Crippen LogP contribution in [-0.2, 0) is 6.54 Å². The van der Waals surface area contributed by atoms with Gasteiger partial charge in [0, 0.05) is 11.6 Å². The van der Waals surface area contributed by atoms with Crippen LogP contribution in [0.25, 0.3) is 0 Å². The van der Waals surface area contributed by atoms with E-state index in [0.717, 1.165) is 17.1 Å². The van der Waals surface area contributed by atoms with Gasteiger partial charge in [0.15, 0.2) is 16.7 Å². The van der Waals surface area contributed by atoms with Gasteiger partial charge in [-0.05, 0) is 49.8 Å². The lowest BCUT2D eigenvalue weighted by molar-refractivity contribution is 0.210. The van der Waals surface area contributed by atoms with E-state index in [-0.39, 0.29) is 6.10 Å². The quantitative estimate of drug-likeness (QED) is 0.664. The van der Waals surface area contributed by atoms with Gasteiger partial charge in [0.2, 0.25) is 0 Å². The molecule has 106 valence electrons. The van der Waals surface area contributed by atoms with Gasteiger partial charge in [-0.2, -0.15) is 5.10 Å². The van der Waals surface area contributed by atoms with Gasteiger partial charge in [-0.15, -0.1) is 6.58 Å². The Balaban J connectivity index is 2.26. The first-order chi connectivity index (χ1) is 9.52. The van der Waals surface area contributed by atoms with E-state index < -0.39 is 0 Å². The molecule has 2 aromatic rings. The lowest BCUT2D eigenvalue weighted by Gasteiger charge is -2.16. The summed E-state index contributed by atoms with van der Waals surface area (Å²) in [5.74, 6) is 1.52. The number of hydrogen-bond acceptors (Lipinski definition) is 3. The summed E-state index contributed by atoms with van der Waals surface area (Å²) in [7, 11) is 0. The molecule has 0 fully saturated rings. The monoisotopic (exact) mass is 309 g/mol. The lowest BCUT2D eigenvalue weighted by Crippen LogP contribution is -2.12. The maximum Gasteiger partial charge on any atom is 0.195 e. The average molecular weight is 310 g/mol. The highest BCUT2D eigenvalue weighted by atomic mass is 35.5. The van der Waals surface area contributed by atoms with Gasteiger partial charge in [0.1, 0.15) is 5.75 Å². The summed E-state index contributed by atoms with van der Waals surface area (Å²) in [6.07, 6.45) is 1.54. The molecule has 0 aliphatic carbocycles. The van der Waals surface area contributed by atoms with E-state index in [2.05, 4.69) is 16.8 Å². The predicted molar refractivity (Wildman–Crippen MR) is 82.8 cm³/mol. The van der Waals surface area contributed by atoms with Gasteiger partial charge in [-0.3, -0.25) is 9.67 Å². The Labute approximate surface area is 128 Å². The fourth-order valence-corrected chi connectivity index (χ4v) is 2.37. The summed E-state index contributed by atoms with van der Waals surface area (Å²) >= 11 is 11.1. The summed E-state index contributed by atoms with van der Waals surface area (Å²) in [4.78, 5) is 0. The number of aromatic amines is 1. The molecule has 0 saturated carbocycles. The van der Waals surface area contributed by atoms with Crippen molar-refractivity contribution in [3.05, 3.63) is 52.0 Å². The van der Waals surface area contributed by atoms with Crippen LogP contribution in [0.15, 0.2) is 30.9 Å². The first-order valence-electron chi connectivity index (χ1n) is 6.21. The molecule has 0 aliphatic rings. The number of nitrogens with zero attached hydrogens (tertiary/aromatic N) is 2. The molecule has 0 aliphatic heterocycles. The second-order valence-electron chi connectivity index (χ2n) is 4.46. The van der Waals surface area contributed by atoms with Crippen molar-refractivity contribution in [2.24, 2.45) is 0 Å².